The molecule has 1 saturated carbocycles. The van der Waals surface area contributed by atoms with Gasteiger partial charge in [-0.2, -0.15) is 0 Å². The van der Waals surface area contributed by atoms with E-state index in [2.05, 4.69) is 0 Å². The van der Waals surface area contributed by atoms with Crippen molar-refractivity contribution in [1.82, 2.24) is 0 Å². The van der Waals surface area contributed by atoms with E-state index < -0.39 is 6.10 Å². The number of esters is 1. The van der Waals surface area contributed by atoms with E-state index in [1.165, 1.54) is 6.92 Å². The molecule has 0 bridgehead atoms. The topological polar surface area (TPSA) is 43.4 Å². The molecule has 0 radical (unpaired) electrons. The zero-order valence-electron chi connectivity index (χ0n) is 8.30. The summed E-state index contributed by atoms with van der Waals surface area (Å²) >= 11 is 5.96. The number of Topliss-reactive ketones (excluding diaryl/α,β-unsaturated/α-hetero) is 1. The summed E-state index contributed by atoms with van der Waals surface area (Å²) in [6.45, 7) is 2.99. The summed E-state index contributed by atoms with van der Waals surface area (Å²) in [5.41, 5.74) is 0.625. The fraction of sp³-hybridized carbons (Fsp3) is 0.600. The molecule has 0 aliphatic heterocycles. The molecular weight excluding hydrogens is 204 g/mol. The number of allylic oxidation sites excluding steroid dienone is 1. The van der Waals surface area contributed by atoms with Crippen molar-refractivity contribution in [2.24, 2.45) is 0 Å². The van der Waals surface area contributed by atoms with E-state index in [1.807, 2.05) is 0 Å². The van der Waals surface area contributed by atoms with Gasteiger partial charge in [-0.05, 0) is 19.8 Å². The molecule has 1 atom stereocenters. The van der Waals surface area contributed by atoms with Crippen LogP contribution in [0.25, 0.3) is 0 Å². The molecule has 1 rings (SSSR count). The number of hydrogen-bond donors (Lipinski definition) is 0. The summed E-state index contributed by atoms with van der Waals surface area (Å²) in [7, 11) is 0. The van der Waals surface area contributed by atoms with Crippen LogP contribution in [-0.2, 0) is 14.3 Å². The quantitative estimate of drug-likeness (QED) is 0.525. The van der Waals surface area contributed by atoms with Crippen LogP contribution in [0.2, 0.25) is 0 Å². The van der Waals surface area contributed by atoms with Crippen LogP contribution in [0.5, 0.6) is 0 Å². The summed E-state index contributed by atoms with van der Waals surface area (Å²) < 4.78 is 4.89. The first-order valence-corrected chi connectivity index (χ1v) is 4.99. The van der Waals surface area contributed by atoms with Gasteiger partial charge in [0.2, 0.25) is 0 Å². The third-order valence-corrected chi connectivity index (χ3v) is 2.69. The van der Waals surface area contributed by atoms with Crippen LogP contribution < -0.4 is 0 Å². The van der Waals surface area contributed by atoms with Crippen molar-refractivity contribution in [3.05, 3.63) is 10.6 Å². The van der Waals surface area contributed by atoms with Gasteiger partial charge in [0.25, 0.3) is 0 Å². The smallest absolute Gasteiger partial charge is 0.303 e. The molecule has 78 valence electrons. The third kappa shape index (κ3) is 2.58. The van der Waals surface area contributed by atoms with Gasteiger partial charge in [-0.3, -0.25) is 9.59 Å². The Hall–Kier alpha value is -0.830. The molecule has 1 unspecified atom stereocenters. The average molecular weight is 217 g/mol. The van der Waals surface area contributed by atoms with Gasteiger partial charge in [-0.25, -0.2) is 0 Å². The zero-order valence-corrected chi connectivity index (χ0v) is 9.06. The maximum absolute atomic E-state index is 11.3. The summed E-state index contributed by atoms with van der Waals surface area (Å²) in [4.78, 5) is 22.0. The van der Waals surface area contributed by atoms with Crippen molar-refractivity contribution in [1.29, 1.82) is 0 Å². The second-order valence-corrected chi connectivity index (χ2v) is 3.76. The Morgan fingerprint density at radius 1 is 1.50 bits per heavy atom. The molecule has 1 aliphatic carbocycles. The molecule has 0 spiro atoms. The lowest BCUT2D eigenvalue weighted by molar-refractivity contribution is -0.143. The summed E-state index contributed by atoms with van der Waals surface area (Å²) in [5, 5.41) is 0.378. The molecule has 0 aromatic heterocycles. The van der Waals surface area contributed by atoms with Gasteiger partial charge in [0, 0.05) is 18.9 Å². The van der Waals surface area contributed by atoms with Gasteiger partial charge >= 0.3 is 5.97 Å². The highest BCUT2D eigenvalue weighted by atomic mass is 35.5. The molecule has 1 fully saturated rings. The van der Waals surface area contributed by atoms with Crippen LogP contribution in [-0.4, -0.2) is 17.9 Å². The number of ketones is 1. The molecule has 3 nitrogen and oxygen atoms in total. The molecule has 4 heteroatoms. The third-order valence-electron chi connectivity index (χ3n) is 2.16. The number of carbonyl (C=O) groups excluding carboxylic acids is 2. The van der Waals surface area contributed by atoms with Crippen LogP contribution in [0.4, 0.5) is 0 Å². The molecule has 14 heavy (non-hydrogen) atoms. The molecular formula is C10H13ClO3. The van der Waals surface area contributed by atoms with E-state index in [1.54, 1.807) is 6.92 Å². The van der Waals surface area contributed by atoms with E-state index in [4.69, 9.17) is 16.3 Å². The summed E-state index contributed by atoms with van der Waals surface area (Å²) in [6, 6.07) is 0. The fourth-order valence-electron chi connectivity index (χ4n) is 1.51. The lowest BCUT2D eigenvalue weighted by Crippen LogP contribution is -2.14. The number of hydrogen-bond acceptors (Lipinski definition) is 3. The van der Waals surface area contributed by atoms with Crippen molar-refractivity contribution in [2.75, 3.05) is 0 Å². The van der Waals surface area contributed by atoms with Crippen LogP contribution in [0.1, 0.15) is 33.1 Å². The van der Waals surface area contributed by atoms with E-state index >= 15 is 0 Å². The minimum atomic E-state index is -0.508. The minimum Gasteiger partial charge on any atom is -0.457 e. The van der Waals surface area contributed by atoms with Crippen molar-refractivity contribution in [3.63, 3.8) is 0 Å². The Kier molecular flexibility index (Phi) is 3.69. The monoisotopic (exact) mass is 216 g/mol. The Morgan fingerprint density at radius 3 is 2.57 bits per heavy atom. The standard InChI is InChI=1S/C10H13ClO3/c1-6(14-7(2)12)10(11)8-4-3-5-9(8)13/h6H,3-5H2,1-2H3. The lowest BCUT2D eigenvalue weighted by Gasteiger charge is -2.12. The minimum absolute atomic E-state index is 0.0778. The Morgan fingerprint density at radius 2 is 2.14 bits per heavy atom. The maximum atomic E-state index is 11.3. The van der Waals surface area contributed by atoms with Gasteiger partial charge in [0.05, 0.1) is 5.03 Å². The number of halogens is 1. The van der Waals surface area contributed by atoms with Gasteiger partial charge in [0.15, 0.2) is 5.78 Å². The van der Waals surface area contributed by atoms with Gasteiger partial charge in [-0.1, -0.05) is 11.6 Å². The normalized spacial score (nSPS) is 22.1. The second kappa shape index (κ2) is 4.60. The largest absolute Gasteiger partial charge is 0.457 e. The highest BCUT2D eigenvalue weighted by Gasteiger charge is 2.24. The summed E-state index contributed by atoms with van der Waals surface area (Å²) in [5.74, 6) is -0.310. The molecule has 0 saturated heterocycles. The van der Waals surface area contributed by atoms with E-state index in [-0.39, 0.29) is 11.8 Å². The van der Waals surface area contributed by atoms with E-state index in [0.29, 0.717) is 23.4 Å². The Balaban J connectivity index is 2.75. The molecule has 0 aromatic rings. The Labute approximate surface area is 88.1 Å². The van der Waals surface area contributed by atoms with Gasteiger partial charge < -0.3 is 4.74 Å². The van der Waals surface area contributed by atoms with Crippen LogP contribution in [0.3, 0.4) is 0 Å². The van der Waals surface area contributed by atoms with Crippen molar-refractivity contribution >= 4 is 23.4 Å². The lowest BCUT2D eigenvalue weighted by atomic mass is 10.1. The average Bonchev–Trinajstić information content (AvgIpc) is 2.48. The van der Waals surface area contributed by atoms with Crippen molar-refractivity contribution in [2.45, 2.75) is 39.2 Å². The predicted molar refractivity (Wildman–Crippen MR) is 53.0 cm³/mol. The first-order chi connectivity index (χ1) is 6.52. The number of rotatable bonds is 2. The Bertz CT molecular complexity index is 294. The van der Waals surface area contributed by atoms with Crippen LogP contribution in [0, 0.1) is 0 Å². The first-order valence-electron chi connectivity index (χ1n) is 4.61. The maximum Gasteiger partial charge on any atom is 0.303 e. The fourth-order valence-corrected chi connectivity index (χ4v) is 1.76. The number of carbonyl (C=O) groups is 2. The molecule has 0 aromatic carbocycles. The van der Waals surface area contributed by atoms with Crippen molar-refractivity contribution < 1.29 is 14.3 Å². The first kappa shape index (κ1) is 11.2. The summed E-state index contributed by atoms with van der Waals surface area (Å²) in [6.07, 6.45) is 1.59. The predicted octanol–water partition coefficient (Wildman–Crippen LogP) is 2.18. The van der Waals surface area contributed by atoms with Gasteiger partial charge in [-0.15, -0.1) is 0 Å². The molecule has 1 aliphatic rings. The highest BCUT2D eigenvalue weighted by Crippen LogP contribution is 2.28. The molecule has 0 N–H and O–H groups in total. The van der Waals surface area contributed by atoms with Crippen molar-refractivity contribution in [3.8, 4) is 0 Å². The molecule has 0 amide bonds. The highest BCUT2D eigenvalue weighted by molar-refractivity contribution is 6.32. The van der Waals surface area contributed by atoms with Crippen LogP contribution >= 0.6 is 11.6 Å². The van der Waals surface area contributed by atoms with Gasteiger partial charge in [0.1, 0.15) is 6.10 Å². The number of ether oxygens (including phenoxy) is 1. The van der Waals surface area contributed by atoms with E-state index in [0.717, 1.165) is 6.42 Å². The molecule has 0 heterocycles. The zero-order chi connectivity index (χ0) is 10.7. The van der Waals surface area contributed by atoms with Crippen LogP contribution in [0.15, 0.2) is 10.6 Å². The SMILES string of the molecule is CC(=O)OC(C)C(Cl)=C1CCCC1=O. The second-order valence-electron chi connectivity index (χ2n) is 3.35. The van der Waals surface area contributed by atoms with E-state index in [9.17, 15) is 9.59 Å².